The van der Waals surface area contributed by atoms with E-state index in [1.54, 1.807) is 13.0 Å². The topological polar surface area (TPSA) is 32.3 Å². The van der Waals surface area contributed by atoms with Crippen molar-refractivity contribution in [2.45, 2.75) is 13.0 Å². The largest absolute Gasteiger partial charge is 0.342 e. The predicted molar refractivity (Wildman–Crippen MR) is 79.7 cm³/mol. The summed E-state index contributed by atoms with van der Waals surface area (Å²) in [6.45, 7) is 6.14. The van der Waals surface area contributed by atoms with Gasteiger partial charge in [0.15, 0.2) is 11.6 Å². The van der Waals surface area contributed by atoms with Crippen LogP contribution < -0.4 is 5.32 Å². The SMILES string of the molecule is C=C(C)C(NC(=O)/C=C/CN(C)C)c1ccc(F)c(F)c1. The van der Waals surface area contributed by atoms with Crippen LogP contribution in [0.3, 0.4) is 0 Å². The lowest BCUT2D eigenvalue weighted by molar-refractivity contribution is -0.117. The second-order valence-electron chi connectivity index (χ2n) is 5.13. The molecule has 1 atom stereocenters. The summed E-state index contributed by atoms with van der Waals surface area (Å²) >= 11 is 0. The fourth-order valence-corrected chi connectivity index (χ4v) is 1.74. The molecule has 114 valence electrons. The second-order valence-corrected chi connectivity index (χ2v) is 5.13. The molecule has 5 heteroatoms. The average molecular weight is 294 g/mol. The molecule has 21 heavy (non-hydrogen) atoms. The molecule has 1 rings (SSSR count). The molecule has 0 radical (unpaired) electrons. The minimum absolute atomic E-state index is 0.311. The van der Waals surface area contributed by atoms with Gasteiger partial charge in [0.1, 0.15) is 0 Å². The highest BCUT2D eigenvalue weighted by Gasteiger charge is 2.16. The fraction of sp³-hybridized carbons (Fsp3) is 0.312. The van der Waals surface area contributed by atoms with Crippen LogP contribution in [0.4, 0.5) is 8.78 Å². The van der Waals surface area contributed by atoms with E-state index >= 15 is 0 Å². The number of halogens is 2. The summed E-state index contributed by atoms with van der Waals surface area (Å²) in [5.41, 5.74) is 1.09. The molecule has 0 heterocycles. The third kappa shape index (κ3) is 5.47. The Hall–Kier alpha value is -2.01. The van der Waals surface area contributed by atoms with Crippen molar-refractivity contribution in [1.82, 2.24) is 10.2 Å². The quantitative estimate of drug-likeness (QED) is 0.646. The molecule has 1 aromatic rings. The van der Waals surface area contributed by atoms with Gasteiger partial charge >= 0.3 is 0 Å². The van der Waals surface area contributed by atoms with Gasteiger partial charge in [0.25, 0.3) is 0 Å². The maximum Gasteiger partial charge on any atom is 0.244 e. The van der Waals surface area contributed by atoms with E-state index in [-0.39, 0.29) is 5.91 Å². The van der Waals surface area contributed by atoms with Crippen molar-refractivity contribution in [3.05, 3.63) is 59.7 Å². The van der Waals surface area contributed by atoms with Crippen LogP contribution in [0.25, 0.3) is 0 Å². The summed E-state index contributed by atoms with van der Waals surface area (Å²) in [5.74, 6) is -2.18. The molecule has 1 aromatic carbocycles. The Kier molecular flexibility index (Phi) is 6.24. The number of rotatable bonds is 6. The summed E-state index contributed by atoms with van der Waals surface area (Å²) < 4.78 is 26.3. The van der Waals surface area contributed by atoms with Crippen LogP contribution in [0.2, 0.25) is 0 Å². The summed E-state index contributed by atoms with van der Waals surface area (Å²) in [7, 11) is 3.78. The molecule has 0 aliphatic carbocycles. The number of amides is 1. The maximum absolute atomic E-state index is 13.3. The van der Waals surface area contributed by atoms with E-state index in [0.717, 1.165) is 12.1 Å². The third-order valence-electron chi connectivity index (χ3n) is 2.80. The normalized spacial score (nSPS) is 12.7. The van der Waals surface area contributed by atoms with Crippen molar-refractivity contribution in [2.75, 3.05) is 20.6 Å². The number of hydrogen-bond acceptors (Lipinski definition) is 2. The summed E-state index contributed by atoms with van der Waals surface area (Å²) in [6, 6.07) is 2.98. The summed E-state index contributed by atoms with van der Waals surface area (Å²) in [6.07, 6.45) is 3.13. The molecule has 3 nitrogen and oxygen atoms in total. The number of hydrogen-bond donors (Lipinski definition) is 1. The first-order valence-corrected chi connectivity index (χ1v) is 6.53. The van der Waals surface area contributed by atoms with Crippen molar-refractivity contribution >= 4 is 5.91 Å². The molecule has 0 saturated heterocycles. The Morgan fingerprint density at radius 3 is 2.57 bits per heavy atom. The Morgan fingerprint density at radius 2 is 2.05 bits per heavy atom. The number of nitrogens with zero attached hydrogens (tertiary/aromatic N) is 1. The molecule has 0 fully saturated rings. The zero-order valence-electron chi connectivity index (χ0n) is 12.5. The van der Waals surface area contributed by atoms with Crippen LogP contribution in [0.1, 0.15) is 18.5 Å². The van der Waals surface area contributed by atoms with E-state index in [2.05, 4.69) is 11.9 Å². The van der Waals surface area contributed by atoms with Gasteiger partial charge in [-0.15, -0.1) is 0 Å². The van der Waals surface area contributed by atoms with E-state index < -0.39 is 17.7 Å². The van der Waals surface area contributed by atoms with Gasteiger partial charge in [-0.05, 0) is 38.7 Å². The van der Waals surface area contributed by atoms with Crippen LogP contribution in [-0.4, -0.2) is 31.4 Å². The van der Waals surface area contributed by atoms with Crippen molar-refractivity contribution in [2.24, 2.45) is 0 Å². The lowest BCUT2D eigenvalue weighted by Crippen LogP contribution is -2.28. The predicted octanol–water partition coefficient (Wildman–Crippen LogP) is 2.82. The van der Waals surface area contributed by atoms with Crippen molar-refractivity contribution < 1.29 is 13.6 Å². The molecule has 0 spiro atoms. The molecule has 0 saturated carbocycles. The lowest BCUT2D eigenvalue weighted by atomic mass is 10.0. The highest BCUT2D eigenvalue weighted by Crippen LogP contribution is 2.22. The molecule has 1 N–H and O–H groups in total. The first-order valence-electron chi connectivity index (χ1n) is 6.53. The minimum atomic E-state index is -0.948. The Balaban J connectivity index is 2.83. The number of likely N-dealkylation sites (N-methyl/N-ethyl adjacent to an activating group) is 1. The van der Waals surface area contributed by atoms with Crippen LogP contribution in [-0.2, 0) is 4.79 Å². The van der Waals surface area contributed by atoms with Crippen LogP contribution in [0.15, 0.2) is 42.5 Å². The van der Waals surface area contributed by atoms with Crippen molar-refractivity contribution in [3.63, 3.8) is 0 Å². The highest BCUT2D eigenvalue weighted by atomic mass is 19.2. The Bertz CT molecular complexity index is 553. The van der Waals surface area contributed by atoms with Gasteiger partial charge in [-0.1, -0.05) is 24.3 Å². The van der Waals surface area contributed by atoms with Gasteiger partial charge in [0, 0.05) is 12.6 Å². The van der Waals surface area contributed by atoms with E-state index in [9.17, 15) is 13.6 Å². The molecule has 0 aliphatic heterocycles. The minimum Gasteiger partial charge on any atom is -0.342 e. The zero-order chi connectivity index (χ0) is 16.0. The van der Waals surface area contributed by atoms with E-state index in [4.69, 9.17) is 0 Å². The highest BCUT2D eigenvalue weighted by molar-refractivity contribution is 5.88. The van der Waals surface area contributed by atoms with Gasteiger partial charge in [-0.2, -0.15) is 0 Å². The van der Waals surface area contributed by atoms with E-state index in [1.165, 1.54) is 12.1 Å². The maximum atomic E-state index is 13.3. The third-order valence-corrected chi connectivity index (χ3v) is 2.80. The van der Waals surface area contributed by atoms with E-state index in [0.29, 0.717) is 17.7 Å². The molecule has 0 bridgehead atoms. The van der Waals surface area contributed by atoms with Gasteiger partial charge in [0.05, 0.1) is 6.04 Å². The smallest absolute Gasteiger partial charge is 0.244 e. The van der Waals surface area contributed by atoms with Gasteiger partial charge < -0.3 is 10.2 Å². The van der Waals surface area contributed by atoms with Crippen LogP contribution in [0, 0.1) is 11.6 Å². The number of carbonyl (C=O) groups is 1. The Labute approximate surface area is 124 Å². The monoisotopic (exact) mass is 294 g/mol. The molecule has 0 aromatic heterocycles. The fourth-order valence-electron chi connectivity index (χ4n) is 1.74. The molecule has 1 unspecified atom stereocenters. The standard InChI is InChI=1S/C16H20F2N2O/c1-11(2)16(12-7-8-13(17)14(18)10-12)19-15(21)6-5-9-20(3)4/h5-8,10,16H,1,9H2,2-4H3,(H,19,21)/b6-5+. The van der Waals surface area contributed by atoms with Crippen molar-refractivity contribution in [1.29, 1.82) is 0 Å². The van der Waals surface area contributed by atoms with Gasteiger partial charge in [-0.3, -0.25) is 4.79 Å². The number of benzene rings is 1. The lowest BCUT2D eigenvalue weighted by Gasteiger charge is -2.18. The number of nitrogens with one attached hydrogen (secondary N) is 1. The van der Waals surface area contributed by atoms with Crippen molar-refractivity contribution in [3.8, 4) is 0 Å². The average Bonchev–Trinajstić information content (AvgIpc) is 2.38. The first-order chi connectivity index (χ1) is 9.81. The molecule has 1 amide bonds. The van der Waals surface area contributed by atoms with Gasteiger partial charge in [-0.25, -0.2) is 8.78 Å². The zero-order valence-corrected chi connectivity index (χ0v) is 12.5. The molecular formula is C16H20F2N2O. The second kappa shape index (κ2) is 7.69. The summed E-state index contributed by atoms with van der Waals surface area (Å²) in [5, 5.41) is 2.72. The van der Waals surface area contributed by atoms with Gasteiger partial charge in [0.2, 0.25) is 5.91 Å². The van der Waals surface area contributed by atoms with E-state index in [1.807, 2.05) is 19.0 Å². The van der Waals surface area contributed by atoms with Crippen LogP contribution >= 0.6 is 0 Å². The van der Waals surface area contributed by atoms with Crippen LogP contribution in [0.5, 0.6) is 0 Å². The number of carbonyl (C=O) groups excluding carboxylic acids is 1. The Morgan fingerprint density at radius 1 is 1.38 bits per heavy atom. The first kappa shape index (κ1) is 17.0. The molecular weight excluding hydrogens is 274 g/mol. The summed E-state index contributed by atoms with van der Waals surface area (Å²) in [4.78, 5) is 13.8. The molecule has 0 aliphatic rings.